The number of nitrogens with one attached hydrogen (secondary N) is 1. The van der Waals surface area contributed by atoms with Gasteiger partial charge < -0.3 is 5.32 Å². The van der Waals surface area contributed by atoms with Gasteiger partial charge >= 0.3 is 0 Å². The lowest BCUT2D eigenvalue weighted by Gasteiger charge is -2.31. The lowest BCUT2D eigenvalue weighted by atomic mass is 10.0. The Morgan fingerprint density at radius 1 is 1.21 bits per heavy atom. The number of rotatable bonds is 8. The molecule has 0 aliphatic carbocycles. The monoisotopic (exact) mass is 266 g/mol. The number of hydrogen-bond acceptors (Lipinski definition) is 2. The fourth-order valence-electron chi connectivity index (χ4n) is 2.39. The van der Waals surface area contributed by atoms with Gasteiger partial charge in [0.05, 0.1) is 0 Å². The zero-order valence-corrected chi connectivity index (χ0v) is 12.6. The maximum Gasteiger partial charge on any atom is 0.128 e. The van der Waals surface area contributed by atoms with Crippen LogP contribution in [0, 0.1) is 5.82 Å². The maximum atomic E-state index is 13.9. The SMILES string of the molecule is CCNC(CN(CC)C(C)CC)c1ccccc1F. The molecule has 2 unspecified atom stereocenters. The smallest absolute Gasteiger partial charge is 0.128 e. The van der Waals surface area contributed by atoms with E-state index in [0.717, 1.165) is 31.6 Å². The van der Waals surface area contributed by atoms with Crippen molar-refractivity contribution >= 4 is 0 Å². The molecule has 0 heterocycles. The molecular weight excluding hydrogens is 239 g/mol. The molecule has 0 amide bonds. The summed E-state index contributed by atoms with van der Waals surface area (Å²) < 4.78 is 13.9. The van der Waals surface area contributed by atoms with Gasteiger partial charge in [-0.15, -0.1) is 0 Å². The summed E-state index contributed by atoms with van der Waals surface area (Å²) in [6.45, 7) is 11.3. The maximum absolute atomic E-state index is 13.9. The van der Waals surface area contributed by atoms with Crippen LogP contribution in [0.5, 0.6) is 0 Å². The first-order valence-corrected chi connectivity index (χ1v) is 7.35. The minimum Gasteiger partial charge on any atom is -0.309 e. The molecule has 1 N–H and O–H groups in total. The highest BCUT2D eigenvalue weighted by Crippen LogP contribution is 2.19. The van der Waals surface area contributed by atoms with Gasteiger partial charge in [-0.25, -0.2) is 4.39 Å². The van der Waals surface area contributed by atoms with Gasteiger partial charge in [-0.05, 0) is 32.5 Å². The molecule has 108 valence electrons. The van der Waals surface area contributed by atoms with Gasteiger partial charge in [0.15, 0.2) is 0 Å². The number of likely N-dealkylation sites (N-methyl/N-ethyl adjacent to an activating group) is 2. The van der Waals surface area contributed by atoms with Crippen LogP contribution in [0.1, 0.15) is 45.7 Å². The largest absolute Gasteiger partial charge is 0.309 e. The summed E-state index contributed by atoms with van der Waals surface area (Å²) in [5.41, 5.74) is 0.770. The Bertz CT molecular complexity index is 368. The van der Waals surface area contributed by atoms with E-state index in [4.69, 9.17) is 0 Å². The molecule has 0 bridgehead atoms. The van der Waals surface area contributed by atoms with Crippen LogP contribution in [-0.2, 0) is 0 Å². The molecule has 19 heavy (non-hydrogen) atoms. The summed E-state index contributed by atoms with van der Waals surface area (Å²) in [5, 5.41) is 3.40. The van der Waals surface area contributed by atoms with Gasteiger partial charge in [0, 0.05) is 24.2 Å². The van der Waals surface area contributed by atoms with Gasteiger partial charge in [0.25, 0.3) is 0 Å². The Morgan fingerprint density at radius 3 is 2.42 bits per heavy atom. The van der Waals surface area contributed by atoms with Crippen LogP contribution in [0.4, 0.5) is 4.39 Å². The summed E-state index contributed by atoms with van der Waals surface area (Å²) >= 11 is 0. The summed E-state index contributed by atoms with van der Waals surface area (Å²) in [5.74, 6) is -0.117. The molecule has 0 radical (unpaired) electrons. The van der Waals surface area contributed by atoms with Gasteiger partial charge in [-0.3, -0.25) is 4.90 Å². The van der Waals surface area contributed by atoms with Crippen molar-refractivity contribution in [2.45, 2.75) is 46.2 Å². The molecule has 1 aromatic carbocycles. The Labute approximate surface area is 117 Å². The normalized spacial score (nSPS) is 14.6. The van der Waals surface area contributed by atoms with E-state index in [0.29, 0.717) is 6.04 Å². The second-order valence-corrected chi connectivity index (χ2v) is 4.98. The number of hydrogen-bond donors (Lipinski definition) is 1. The molecule has 0 aliphatic rings. The molecule has 2 atom stereocenters. The minimum atomic E-state index is -0.117. The third kappa shape index (κ3) is 4.59. The summed E-state index contributed by atoms with van der Waals surface area (Å²) in [4.78, 5) is 2.40. The first-order valence-electron chi connectivity index (χ1n) is 7.35. The van der Waals surface area contributed by atoms with E-state index in [9.17, 15) is 4.39 Å². The number of nitrogens with zero attached hydrogens (tertiary/aromatic N) is 1. The Balaban J connectivity index is 2.86. The predicted molar refractivity (Wildman–Crippen MR) is 79.8 cm³/mol. The molecule has 0 saturated heterocycles. The van der Waals surface area contributed by atoms with Crippen molar-refractivity contribution in [3.63, 3.8) is 0 Å². The Kier molecular flexibility index (Phi) is 7.03. The molecule has 1 rings (SSSR count). The first kappa shape index (κ1) is 16.1. The second kappa shape index (κ2) is 8.28. The summed E-state index contributed by atoms with van der Waals surface area (Å²) in [7, 11) is 0. The Hall–Kier alpha value is -0.930. The van der Waals surface area contributed by atoms with Crippen LogP contribution in [0.25, 0.3) is 0 Å². The van der Waals surface area contributed by atoms with E-state index in [1.807, 2.05) is 12.1 Å². The van der Waals surface area contributed by atoms with E-state index in [-0.39, 0.29) is 11.9 Å². The molecule has 3 heteroatoms. The fourth-order valence-corrected chi connectivity index (χ4v) is 2.39. The minimum absolute atomic E-state index is 0.0557. The standard InChI is InChI=1S/C16H27FN2/c1-5-13(4)19(7-3)12-16(18-6-2)14-10-8-9-11-15(14)17/h8-11,13,16,18H,5-7,12H2,1-4H3. The van der Waals surface area contributed by atoms with E-state index in [1.54, 1.807) is 12.1 Å². The first-order chi connectivity index (χ1) is 9.13. The molecule has 0 aromatic heterocycles. The van der Waals surface area contributed by atoms with Crippen molar-refractivity contribution in [1.29, 1.82) is 0 Å². The highest BCUT2D eigenvalue weighted by atomic mass is 19.1. The zero-order chi connectivity index (χ0) is 14.3. The third-order valence-electron chi connectivity index (χ3n) is 3.77. The molecule has 2 nitrogen and oxygen atoms in total. The molecule has 0 aliphatic heterocycles. The third-order valence-corrected chi connectivity index (χ3v) is 3.77. The van der Waals surface area contributed by atoms with E-state index >= 15 is 0 Å². The lowest BCUT2D eigenvalue weighted by Crippen LogP contribution is -2.40. The van der Waals surface area contributed by atoms with Crippen LogP contribution in [0.2, 0.25) is 0 Å². The second-order valence-electron chi connectivity index (χ2n) is 4.98. The lowest BCUT2D eigenvalue weighted by molar-refractivity contribution is 0.191. The molecule has 0 spiro atoms. The average Bonchev–Trinajstić information content (AvgIpc) is 2.43. The molecule has 0 fully saturated rings. The van der Waals surface area contributed by atoms with Crippen LogP contribution in [0.3, 0.4) is 0 Å². The summed E-state index contributed by atoms with van der Waals surface area (Å²) in [6.07, 6.45) is 1.12. The van der Waals surface area contributed by atoms with Crippen LogP contribution < -0.4 is 5.32 Å². The van der Waals surface area contributed by atoms with Crippen molar-refractivity contribution in [2.75, 3.05) is 19.6 Å². The fraction of sp³-hybridized carbons (Fsp3) is 0.625. The van der Waals surface area contributed by atoms with Crippen molar-refractivity contribution < 1.29 is 4.39 Å². The van der Waals surface area contributed by atoms with E-state index in [2.05, 4.69) is 37.9 Å². The number of benzene rings is 1. The zero-order valence-electron chi connectivity index (χ0n) is 12.6. The van der Waals surface area contributed by atoms with Gasteiger partial charge in [-0.1, -0.05) is 39.0 Å². The number of halogens is 1. The highest BCUT2D eigenvalue weighted by Gasteiger charge is 2.19. The van der Waals surface area contributed by atoms with Crippen molar-refractivity contribution in [3.8, 4) is 0 Å². The predicted octanol–water partition coefficient (Wildman–Crippen LogP) is 3.60. The Morgan fingerprint density at radius 2 is 1.89 bits per heavy atom. The van der Waals surface area contributed by atoms with E-state index in [1.165, 1.54) is 0 Å². The highest BCUT2D eigenvalue weighted by molar-refractivity contribution is 5.21. The van der Waals surface area contributed by atoms with Crippen molar-refractivity contribution in [1.82, 2.24) is 10.2 Å². The summed E-state index contributed by atoms with van der Waals surface area (Å²) in [6, 6.07) is 7.65. The topological polar surface area (TPSA) is 15.3 Å². The van der Waals surface area contributed by atoms with Crippen LogP contribution in [0.15, 0.2) is 24.3 Å². The quantitative estimate of drug-likeness (QED) is 0.773. The average molecular weight is 266 g/mol. The van der Waals surface area contributed by atoms with Gasteiger partial charge in [0.1, 0.15) is 5.82 Å². The molecule has 0 saturated carbocycles. The van der Waals surface area contributed by atoms with Crippen molar-refractivity contribution in [2.24, 2.45) is 0 Å². The van der Waals surface area contributed by atoms with Crippen molar-refractivity contribution in [3.05, 3.63) is 35.6 Å². The van der Waals surface area contributed by atoms with Crippen LogP contribution >= 0.6 is 0 Å². The van der Waals surface area contributed by atoms with Crippen LogP contribution in [-0.4, -0.2) is 30.6 Å². The van der Waals surface area contributed by atoms with Gasteiger partial charge in [-0.2, -0.15) is 0 Å². The van der Waals surface area contributed by atoms with Gasteiger partial charge in [0.2, 0.25) is 0 Å². The van der Waals surface area contributed by atoms with E-state index < -0.39 is 0 Å². The molecule has 1 aromatic rings. The molecular formula is C16H27FN2.